The SMILES string of the molecule is CCOc1c(OC)cc(/C=C/C(=O)c2ccc(Cl)c(Cl)c2)cc1OC. The highest BCUT2D eigenvalue weighted by atomic mass is 35.5. The number of methoxy groups -OCH3 is 2. The summed E-state index contributed by atoms with van der Waals surface area (Å²) in [4.78, 5) is 12.3. The molecule has 2 aromatic rings. The molecule has 0 N–H and O–H groups in total. The monoisotopic (exact) mass is 380 g/mol. The minimum atomic E-state index is -0.189. The van der Waals surface area contributed by atoms with Crippen molar-refractivity contribution in [3.8, 4) is 17.2 Å². The highest BCUT2D eigenvalue weighted by molar-refractivity contribution is 6.42. The van der Waals surface area contributed by atoms with Gasteiger partial charge in [-0.05, 0) is 48.9 Å². The maximum atomic E-state index is 12.3. The third-order valence-corrected chi connectivity index (χ3v) is 4.14. The van der Waals surface area contributed by atoms with E-state index in [4.69, 9.17) is 37.4 Å². The lowest BCUT2D eigenvalue weighted by Gasteiger charge is -2.14. The van der Waals surface area contributed by atoms with E-state index in [-0.39, 0.29) is 5.78 Å². The molecule has 0 amide bonds. The summed E-state index contributed by atoms with van der Waals surface area (Å²) in [6.45, 7) is 2.36. The molecule has 0 aliphatic carbocycles. The molecule has 0 spiro atoms. The number of hydrogen-bond acceptors (Lipinski definition) is 4. The molecule has 0 saturated carbocycles. The average molecular weight is 381 g/mol. The average Bonchev–Trinajstić information content (AvgIpc) is 2.62. The van der Waals surface area contributed by atoms with Crippen LogP contribution in [0.2, 0.25) is 10.0 Å². The Morgan fingerprint density at radius 2 is 1.68 bits per heavy atom. The van der Waals surface area contributed by atoms with E-state index < -0.39 is 0 Å². The largest absolute Gasteiger partial charge is 0.493 e. The van der Waals surface area contributed by atoms with Crippen LogP contribution >= 0.6 is 23.2 Å². The molecule has 132 valence electrons. The van der Waals surface area contributed by atoms with Crippen LogP contribution < -0.4 is 14.2 Å². The van der Waals surface area contributed by atoms with Crippen molar-refractivity contribution in [2.24, 2.45) is 0 Å². The highest BCUT2D eigenvalue weighted by Gasteiger charge is 2.13. The van der Waals surface area contributed by atoms with Gasteiger partial charge >= 0.3 is 0 Å². The molecule has 0 bridgehead atoms. The minimum Gasteiger partial charge on any atom is -0.493 e. The van der Waals surface area contributed by atoms with Gasteiger partial charge in [0.05, 0.1) is 30.9 Å². The van der Waals surface area contributed by atoms with Crippen molar-refractivity contribution in [2.75, 3.05) is 20.8 Å². The molecule has 0 atom stereocenters. The fraction of sp³-hybridized carbons (Fsp3) is 0.211. The molecule has 0 unspecified atom stereocenters. The minimum absolute atomic E-state index is 0.189. The molecule has 0 radical (unpaired) electrons. The predicted molar refractivity (Wildman–Crippen MR) is 101 cm³/mol. The lowest BCUT2D eigenvalue weighted by Crippen LogP contribution is -1.99. The van der Waals surface area contributed by atoms with Crippen LogP contribution in [-0.4, -0.2) is 26.6 Å². The number of carbonyl (C=O) groups is 1. The second-order valence-corrected chi connectivity index (χ2v) is 5.83. The van der Waals surface area contributed by atoms with Gasteiger partial charge in [0.1, 0.15) is 0 Å². The number of rotatable bonds is 7. The summed E-state index contributed by atoms with van der Waals surface area (Å²) in [6, 6.07) is 8.29. The number of allylic oxidation sites excluding steroid dienone is 1. The van der Waals surface area contributed by atoms with Crippen molar-refractivity contribution in [2.45, 2.75) is 6.92 Å². The van der Waals surface area contributed by atoms with Crippen molar-refractivity contribution < 1.29 is 19.0 Å². The molecular weight excluding hydrogens is 363 g/mol. The summed E-state index contributed by atoms with van der Waals surface area (Å²) < 4.78 is 16.2. The van der Waals surface area contributed by atoms with Crippen molar-refractivity contribution in [1.82, 2.24) is 0 Å². The smallest absolute Gasteiger partial charge is 0.203 e. The summed E-state index contributed by atoms with van der Waals surface area (Å²) in [5.74, 6) is 1.40. The van der Waals surface area contributed by atoms with E-state index in [9.17, 15) is 4.79 Å². The van der Waals surface area contributed by atoms with Crippen LogP contribution in [0.5, 0.6) is 17.2 Å². The lowest BCUT2D eigenvalue weighted by atomic mass is 10.1. The van der Waals surface area contributed by atoms with E-state index in [1.165, 1.54) is 12.1 Å². The zero-order chi connectivity index (χ0) is 18.4. The van der Waals surface area contributed by atoms with E-state index in [0.29, 0.717) is 39.5 Å². The molecule has 0 aliphatic rings. The fourth-order valence-electron chi connectivity index (χ4n) is 2.20. The van der Waals surface area contributed by atoms with Gasteiger partial charge in [-0.2, -0.15) is 0 Å². The maximum Gasteiger partial charge on any atom is 0.203 e. The molecule has 0 fully saturated rings. The van der Waals surface area contributed by atoms with Gasteiger partial charge in [0.25, 0.3) is 0 Å². The van der Waals surface area contributed by atoms with Gasteiger partial charge < -0.3 is 14.2 Å². The van der Waals surface area contributed by atoms with Gasteiger partial charge in [0.15, 0.2) is 17.3 Å². The number of ether oxygens (including phenoxy) is 3. The standard InChI is InChI=1S/C19H18Cl2O4/c1-4-25-19-17(23-2)9-12(10-18(19)24-3)5-8-16(22)13-6-7-14(20)15(21)11-13/h5-11H,4H2,1-3H3/b8-5+. The first-order valence-corrected chi connectivity index (χ1v) is 8.32. The van der Waals surface area contributed by atoms with Crippen molar-refractivity contribution in [3.05, 3.63) is 57.6 Å². The Kier molecular flexibility index (Phi) is 6.73. The van der Waals surface area contributed by atoms with Crippen LogP contribution in [0, 0.1) is 0 Å². The molecule has 2 aromatic carbocycles. The molecule has 0 aliphatic heterocycles. The van der Waals surface area contributed by atoms with Gasteiger partial charge in [-0.15, -0.1) is 0 Å². The third kappa shape index (κ3) is 4.68. The van der Waals surface area contributed by atoms with Gasteiger partial charge in [0.2, 0.25) is 5.75 Å². The van der Waals surface area contributed by atoms with E-state index >= 15 is 0 Å². The van der Waals surface area contributed by atoms with E-state index in [1.54, 1.807) is 44.6 Å². The summed E-state index contributed by atoms with van der Waals surface area (Å²) in [6.07, 6.45) is 3.12. The Morgan fingerprint density at radius 3 is 2.20 bits per heavy atom. The Labute approximate surface area is 156 Å². The van der Waals surface area contributed by atoms with Crippen LogP contribution in [-0.2, 0) is 0 Å². The second kappa shape index (κ2) is 8.79. The number of ketones is 1. The van der Waals surface area contributed by atoms with Crippen molar-refractivity contribution >= 4 is 35.1 Å². The van der Waals surface area contributed by atoms with Gasteiger partial charge in [-0.3, -0.25) is 4.79 Å². The molecule has 25 heavy (non-hydrogen) atoms. The summed E-state index contributed by atoms with van der Waals surface area (Å²) in [7, 11) is 3.09. The summed E-state index contributed by atoms with van der Waals surface area (Å²) >= 11 is 11.8. The maximum absolute atomic E-state index is 12.3. The normalized spacial score (nSPS) is 10.8. The molecule has 6 heteroatoms. The number of halogens is 2. The molecule has 0 heterocycles. The van der Waals surface area contributed by atoms with E-state index in [0.717, 1.165) is 5.56 Å². The zero-order valence-corrected chi connectivity index (χ0v) is 15.6. The van der Waals surface area contributed by atoms with Crippen molar-refractivity contribution in [1.29, 1.82) is 0 Å². The second-order valence-electron chi connectivity index (χ2n) is 5.01. The van der Waals surface area contributed by atoms with Crippen LogP contribution in [0.1, 0.15) is 22.8 Å². The van der Waals surface area contributed by atoms with Crippen molar-refractivity contribution in [3.63, 3.8) is 0 Å². The lowest BCUT2D eigenvalue weighted by molar-refractivity contribution is 0.104. The van der Waals surface area contributed by atoms with Crippen LogP contribution in [0.4, 0.5) is 0 Å². The molecular formula is C19H18Cl2O4. The number of benzene rings is 2. The summed E-state index contributed by atoms with van der Waals surface area (Å²) in [5.41, 5.74) is 1.20. The van der Waals surface area contributed by atoms with Crippen LogP contribution in [0.25, 0.3) is 6.08 Å². The molecule has 0 saturated heterocycles. The molecule has 0 aromatic heterocycles. The predicted octanol–water partition coefficient (Wildman–Crippen LogP) is 5.31. The number of hydrogen-bond donors (Lipinski definition) is 0. The quantitative estimate of drug-likeness (QED) is 0.482. The summed E-state index contributed by atoms with van der Waals surface area (Å²) in [5, 5.41) is 0.744. The Balaban J connectivity index is 2.30. The highest BCUT2D eigenvalue weighted by Crippen LogP contribution is 2.38. The van der Waals surface area contributed by atoms with Gasteiger partial charge in [0, 0.05) is 5.56 Å². The van der Waals surface area contributed by atoms with Gasteiger partial charge in [-0.1, -0.05) is 29.3 Å². The first-order chi connectivity index (χ1) is 12.0. The first-order valence-electron chi connectivity index (χ1n) is 7.56. The third-order valence-electron chi connectivity index (χ3n) is 3.40. The van der Waals surface area contributed by atoms with Crippen LogP contribution in [0.3, 0.4) is 0 Å². The van der Waals surface area contributed by atoms with E-state index in [1.807, 2.05) is 6.92 Å². The molecule has 2 rings (SSSR count). The van der Waals surface area contributed by atoms with E-state index in [2.05, 4.69) is 0 Å². The topological polar surface area (TPSA) is 44.8 Å². The molecule has 4 nitrogen and oxygen atoms in total. The number of carbonyl (C=O) groups excluding carboxylic acids is 1. The van der Waals surface area contributed by atoms with Gasteiger partial charge in [-0.25, -0.2) is 0 Å². The zero-order valence-electron chi connectivity index (χ0n) is 14.1. The first kappa shape index (κ1) is 19.2. The fourth-order valence-corrected chi connectivity index (χ4v) is 2.50. The Bertz CT molecular complexity index is 775. The Morgan fingerprint density at radius 1 is 1.04 bits per heavy atom. The van der Waals surface area contributed by atoms with Crippen LogP contribution in [0.15, 0.2) is 36.4 Å². The Hall–Kier alpha value is -2.17.